The van der Waals surface area contributed by atoms with Gasteiger partial charge >= 0.3 is 0 Å². The highest BCUT2D eigenvalue weighted by Gasteiger charge is 2.35. The molecule has 35 heavy (non-hydrogen) atoms. The van der Waals surface area contributed by atoms with Gasteiger partial charge in [-0.05, 0) is 67.2 Å². The molecule has 8 rings (SSSR count). The van der Waals surface area contributed by atoms with Crippen LogP contribution in [0.25, 0.3) is 55.0 Å². The molecule has 6 aromatic rings. The molecular formula is C32H23BrN2. The van der Waals surface area contributed by atoms with Crippen LogP contribution in [0.1, 0.15) is 12.8 Å². The molecule has 0 bridgehead atoms. The van der Waals surface area contributed by atoms with Gasteiger partial charge in [0, 0.05) is 37.4 Å². The number of para-hydroxylation sites is 2. The van der Waals surface area contributed by atoms with Crippen molar-refractivity contribution < 1.29 is 0 Å². The Bertz CT molecular complexity index is 1880. The van der Waals surface area contributed by atoms with Crippen molar-refractivity contribution in [2.75, 3.05) is 0 Å². The summed E-state index contributed by atoms with van der Waals surface area (Å²) in [5.74, 6) is 1.60. The van der Waals surface area contributed by atoms with Crippen LogP contribution in [0.15, 0.2) is 108 Å². The molecule has 0 amide bonds. The Hall–Kier alpha value is -3.56. The van der Waals surface area contributed by atoms with Gasteiger partial charge in [-0.15, -0.1) is 0 Å². The van der Waals surface area contributed by atoms with Gasteiger partial charge in [0.05, 0.1) is 22.1 Å². The summed E-state index contributed by atoms with van der Waals surface area (Å²) in [5.41, 5.74) is 7.52. The van der Waals surface area contributed by atoms with Crippen LogP contribution in [-0.2, 0) is 0 Å². The number of allylic oxidation sites excluding steroid dienone is 4. The lowest BCUT2D eigenvalue weighted by Gasteiger charge is -2.11. The van der Waals surface area contributed by atoms with Crippen LogP contribution in [0.5, 0.6) is 0 Å². The average Bonchev–Trinajstić information content (AvgIpc) is 3.49. The van der Waals surface area contributed by atoms with E-state index in [0.29, 0.717) is 0 Å². The van der Waals surface area contributed by atoms with E-state index in [9.17, 15) is 0 Å². The van der Waals surface area contributed by atoms with Gasteiger partial charge < -0.3 is 9.13 Å². The van der Waals surface area contributed by atoms with E-state index in [0.717, 1.165) is 16.3 Å². The Morgan fingerprint density at radius 2 is 1.51 bits per heavy atom. The first-order valence-corrected chi connectivity index (χ1v) is 13.2. The van der Waals surface area contributed by atoms with E-state index in [1.165, 1.54) is 67.8 Å². The molecule has 2 unspecified atom stereocenters. The van der Waals surface area contributed by atoms with Crippen LogP contribution in [0, 0.1) is 11.8 Å². The van der Waals surface area contributed by atoms with Crippen molar-refractivity contribution in [1.82, 2.24) is 9.13 Å². The Labute approximate surface area is 211 Å². The zero-order valence-electron chi connectivity index (χ0n) is 19.2. The van der Waals surface area contributed by atoms with Crippen LogP contribution in [0.4, 0.5) is 0 Å². The number of aromatic nitrogens is 2. The van der Waals surface area contributed by atoms with Gasteiger partial charge in [0.25, 0.3) is 0 Å². The lowest BCUT2D eigenvalue weighted by Crippen LogP contribution is -1.96. The SMILES string of the molecule is Brc1cccc(-n2c3ccccc3c3ccc4c(c5ccccc5n4C4=CCC5CC5C=C4)c32)c1. The molecule has 2 aromatic heterocycles. The predicted octanol–water partition coefficient (Wildman–Crippen LogP) is 9.09. The topological polar surface area (TPSA) is 9.86 Å². The van der Waals surface area contributed by atoms with E-state index < -0.39 is 0 Å². The second kappa shape index (κ2) is 7.22. The maximum Gasteiger partial charge on any atom is 0.0641 e. The second-order valence-corrected chi connectivity index (χ2v) is 10.8. The molecule has 3 heteroatoms. The summed E-state index contributed by atoms with van der Waals surface area (Å²) in [6.45, 7) is 0. The van der Waals surface area contributed by atoms with Crippen LogP contribution in [-0.4, -0.2) is 9.13 Å². The number of halogens is 1. The van der Waals surface area contributed by atoms with Gasteiger partial charge in [-0.2, -0.15) is 0 Å². The van der Waals surface area contributed by atoms with Crippen LogP contribution in [0.2, 0.25) is 0 Å². The number of hydrogen-bond acceptors (Lipinski definition) is 0. The molecule has 4 aromatic carbocycles. The first-order chi connectivity index (χ1) is 17.3. The zero-order chi connectivity index (χ0) is 23.1. The summed E-state index contributed by atoms with van der Waals surface area (Å²) in [6.07, 6.45) is 9.76. The Balaban J connectivity index is 1.57. The van der Waals surface area contributed by atoms with E-state index in [1.54, 1.807) is 0 Å². The van der Waals surface area contributed by atoms with Crippen molar-refractivity contribution in [3.8, 4) is 5.69 Å². The zero-order valence-corrected chi connectivity index (χ0v) is 20.7. The van der Waals surface area contributed by atoms with Gasteiger partial charge in [0.2, 0.25) is 0 Å². The third-order valence-corrected chi connectivity index (χ3v) is 8.41. The third kappa shape index (κ3) is 2.82. The minimum atomic E-state index is 0.766. The average molecular weight is 515 g/mol. The first kappa shape index (κ1) is 19.7. The summed E-state index contributed by atoms with van der Waals surface area (Å²) < 4.78 is 6.01. The van der Waals surface area contributed by atoms with Crippen molar-refractivity contribution in [1.29, 1.82) is 0 Å². The van der Waals surface area contributed by atoms with Crippen LogP contribution in [0.3, 0.4) is 0 Å². The summed E-state index contributed by atoms with van der Waals surface area (Å²) >= 11 is 3.70. The van der Waals surface area contributed by atoms with Gasteiger partial charge in [-0.3, -0.25) is 0 Å². The maximum atomic E-state index is 3.70. The molecule has 0 radical (unpaired) electrons. The Kier molecular flexibility index (Phi) is 4.07. The largest absolute Gasteiger partial charge is 0.310 e. The Morgan fingerprint density at radius 3 is 2.37 bits per heavy atom. The molecule has 2 nitrogen and oxygen atoms in total. The molecule has 0 saturated heterocycles. The van der Waals surface area contributed by atoms with Crippen molar-refractivity contribution in [3.63, 3.8) is 0 Å². The predicted molar refractivity (Wildman–Crippen MR) is 151 cm³/mol. The summed E-state index contributed by atoms with van der Waals surface area (Å²) in [7, 11) is 0. The fourth-order valence-corrected chi connectivity index (χ4v) is 6.56. The normalized spacial score (nSPS) is 19.4. The lowest BCUT2D eigenvalue weighted by atomic mass is 10.1. The van der Waals surface area contributed by atoms with Crippen LogP contribution >= 0.6 is 15.9 Å². The fourth-order valence-electron chi connectivity index (χ4n) is 6.18. The van der Waals surface area contributed by atoms with Gasteiger partial charge in [-0.25, -0.2) is 0 Å². The highest BCUT2D eigenvalue weighted by Crippen LogP contribution is 2.46. The van der Waals surface area contributed by atoms with E-state index in [1.807, 2.05) is 0 Å². The molecular weight excluding hydrogens is 492 g/mol. The van der Waals surface area contributed by atoms with Crippen molar-refractivity contribution in [3.05, 3.63) is 108 Å². The second-order valence-electron chi connectivity index (χ2n) is 9.92. The van der Waals surface area contributed by atoms with Gasteiger partial charge in [-0.1, -0.05) is 76.6 Å². The standard InChI is InChI=1S/C32H23BrN2/c33-22-6-5-7-24(19-22)35-28-10-3-1-8-25(28)26-16-17-30-31(32(26)35)27-9-2-4-11-29(27)34(30)23-14-12-20-18-21(20)13-15-23/h1-12,14-17,19-21H,13,18H2. The smallest absolute Gasteiger partial charge is 0.0641 e. The molecule has 2 heterocycles. The van der Waals surface area contributed by atoms with Crippen molar-refractivity contribution in [2.24, 2.45) is 11.8 Å². The molecule has 2 atom stereocenters. The highest BCUT2D eigenvalue weighted by molar-refractivity contribution is 9.10. The number of fused-ring (bicyclic) bond motifs is 8. The summed E-state index contributed by atoms with van der Waals surface area (Å²) in [4.78, 5) is 0. The number of hydrogen-bond donors (Lipinski definition) is 0. The first-order valence-electron chi connectivity index (χ1n) is 12.4. The summed E-state index contributed by atoms with van der Waals surface area (Å²) in [5, 5.41) is 5.20. The molecule has 0 aliphatic heterocycles. The van der Waals surface area contributed by atoms with Gasteiger partial charge in [0.1, 0.15) is 0 Å². The van der Waals surface area contributed by atoms with E-state index in [4.69, 9.17) is 0 Å². The maximum absolute atomic E-state index is 3.70. The molecule has 0 N–H and O–H groups in total. The molecule has 0 spiro atoms. The van der Waals surface area contributed by atoms with Crippen molar-refractivity contribution >= 4 is 65.2 Å². The van der Waals surface area contributed by atoms with E-state index in [-0.39, 0.29) is 0 Å². The lowest BCUT2D eigenvalue weighted by molar-refractivity contribution is 0.812. The van der Waals surface area contributed by atoms with Gasteiger partial charge in [0.15, 0.2) is 0 Å². The quantitative estimate of drug-likeness (QED) is 0.218. The molecule has 2 aliphatic rings. The van der Waals surface area contributed by atoms with Crippen molar-refractivity contribution in [2.45, 2.75) is 12.8 Å². The van der Waals surface area contributed by atoms with E-state index in [2.05, 4.69) is 128 Å². The van der Waals surface area contributed by atoms with Crippen LogP contribution < -0.4 is 0 Å². The van der Waals surface area contributed by atoms with E-state index >= 15 is 0 Å². The molecule has 1 saturated carbocycles. The minimum absolute atomic E-state index is 0.766. The molecule has 1 fully saturated rings. The summed E-state index contributed by atoms with van der Waals surface area (Å²) in [6, 6.07) is 31.0. The highest BCUT2D eigenvalue weighted by atomic mass is 79.9. The Morgan fingerprint density at radius 1 is 0.714 bits per heavy atom. The number of nitrogens with zero attached hydrogens (tertiary/aromatic N) is 2. The third-order valence-electron chi connectivity index (χ3n) is 7.92. The fraction of sp³-hybridized carbons (Fsp3) is 0.125. The monoisotopic (exact) mass is 514 g/mol. The minimum Gasteiger partial charge on any atom is -0.310 e. The number of benzene rings is 4. The molecule has 2 aliphatic carbocycles. The molecule has 168 valence electrons. The number of rotatable bonds is 2.